The van der Waals surface area contributed by atoms with Crippen molar-refractivity contribution < 1.29 is 17.9 Å². The lowest BCUT2D eigenvalue weighted by atomic mass is 10.0. The van der Waals surface area contributed by atoms with Crippen molar-refractivity contribution in [3.63, 3.8) is 0 Å². The SMILES string of the molecule is CCN1CC[C@@H]2OCCN(S(=O)(=O)c3cc4c(cc3OC)CCC4)[C@@H]2C1. The molecule has 7 heteroatoms. The highest BCUT2D eigenvalue weighted by molar-refractivity contribution is 7.89. The van der Waals surface area contributed by atoms with E-state index in [0.717, 1.165) is 50.9 Å². The molecule has 1 aromatic carbocycles. The van der Waals surface area contributed by atoms with E-state index in [1.807, 2.05) is 12.1 Å². The molecule has 26 heavy (non-hydrogen) atoms. The molecule has 3 aliphatic rings. The number of sulfonamides is 1. The molecular formula is C19H28N2O4S. The van der Waals surface area contributed by atoms with E-state index in [1.165, 1.54) is 5.56 Å². The van der Waals surface area contributed by atoms with E-state index in [4.69, 9.17) is 9.47 Å². The van der Waals surface area contributed by atoms with E-state index < -0.39 is 10.0 Å². The summed E-state index contributed by atoms with van der Waals surface area (Å²) in [5.74, 6) is 0.469. The number of hydrogen-bond donors (Lipinski definition) is 0. The van der Waals surface area contributed by atoms with E-state index in [1.54, 1.807) is 11.4 Å². The van der Waals surface area contributed by atoms with Gasteiger partial charge in [-0.05, 0) is 55.5 Å². The van der Waals surface area contributed by atoms with Gasteiger partial charge in [0.05, 0.1) is 25.9 Å². The number of nitrogens with zero attached hydrogens (tertiary/aromatic N) is 2. The molecule has 144 valence electrons. The molecule has 2 aliphatic heterocycles. The number of benzene rings is 1. The predicted molar refractivity (Wildman–Crippen MR) is 99.2 cm³/mol. The van der Waals surface area contributed by atoms with Crippen LogP contribution in [0.4, 0.5) is 0 Å². The van der Waals surface area contributed by atoms with Crippen LogP contribution >= 0.6 is 0 Å². The van der Waals surface area contributed by atoms with Crippen LogP contribution in [0.3, 0.4) is 0 Å². The van der Waals surface area contributed by atoms with Gasteiger partial charge in [0.15, 0.2) is 0 Å². The number of ether oxygens (including phenoxy) is 2. The number of fused-ring (bicyclic) bond motifs is 2. The Labute approximate surface area is 156 Å². The molecule has 0 spiro atoms. The third-order valence-electron chi connectivity index (χ3n) is 6.03. The Balaban J connectivity index is 1.71. The molecule has 2 atom stereocenters. The summed E-state index contributed by atoms with van der Waals surface area (Å²) in [4.78, 5) is 2.62. The average Bonchev–Trinajstić information content (AvgIpc) is 3.13. The van der Waals surface area contributed by atoms with Gasteiger partial charge < -0.3 is 14.4 Å². The number of aryl methyl sites for hydroxylation is 2. The Morgan fingerprint density at radius 1 is 1.23 bits per heavy atom. The minimum atomic E-state index is -3.63. The molecule has 4 rings (SSSR count). The van der Waals surface area contributed by atoms with Gasteiger partial charge in [0, 0.05) is 19.6 Å². The maximum Gasteiger partial charge on any atom is 0.247 e. The number of rotatable bonds is 4. The highest BCUT2D eigenvalue weighted by Crippen LogP contribution is 2.36. The molecule has 0 aromatic heterocycles. The van der Waals surface area contributed by atoms with Gasteiger partial charge >= 0.3 is 0 Å². The molecule has 0 saturated carbocycles. The van der Waals surface area contributed by atoms with Crippen molar-refractivity contribution in [2.24, 2.45) is 0 Å². The fourth-order valence-electron chi connectivity index (χ4n) is 4.56. The van der Waals surface area contributed by atoms with E-state index in [2.05, 4.69) is 11.8 Å². The number of hydrogen-bond acceptors (Lipinski definition) is 5. The van der Waals surface area contributed by atoms with Crippen LogP contribution in [0.2, 0.25) is 0 Å². The number of likely N-dealkylation sites (tertiary alicyclic amines) is 1. The predicted octanol–water partition coefficient (Wildman–Crippen LogP) is 1.67. The minimum Gasteiger partial charge on any atom is -0.495 e. The monoisotopic (exact) mass is 380 g/mol. The second-order valence-electron chi connectivity index (χ2n) is 7.40. The van der Waals surface area contributed by atoms with Gasteiger partial charge in [-0.15, -0.1) is 0 Å². The topological polar surface area (TPSA) is 59.1 Å². The van der Waals surface area contributed by atoms with Crippen LogP contribution in [0.1, 0.15) is 30.9 Å². The number of morpholine rings is 1. The van der Waals surface area contributed by atoms with E-state index in [-0.39, 0.29) is 12.1 Å². The molecule has 0 N–H and O–H groups in total. The molecule has 1 aromatic rings. The largest absolute Gasteiger partial charge is 0.495 e. The highest BCUT2D eigenvalue weighted by atomic mass is 32.2. The smallest absolute Gasteiger partial charge is 0.247 e. The van der Waals surface area contributed by atoms with Gasteiger partial charge in [0.25, 0.3) is 0 Å². The summed E-state index contributed by atoms with van der Waals surface area (Å²) in [6, 6.07) is 3.65. The fourth-order valence-corrected chi connectivity index (χ4v) is 6.37. The molecule has 0 amide bonds. The Kier molecular flexibility index (Phi) is 4.98. The number of piperidine rings is 1. The van der Waals surface area contributed by atoms with E-state index >= 15 is 0 Å². The summed E-state index contributed by atoms with van der Waals surface area (Å²) < 4.78 is 40.2. The first-order chi connectivity index (χ1) is 12.5. The Morgan fingerprint density at radius 2 is 2.00 bits per heavy atom. The lowest BCUT2D eigenvalue weighted by molar-refractivity contribution is -0.0749. The maximum atomic E-state index is 13.6. The molecular weight excluding hydrogens is 352 g/mol. The van der Waals surface area contributed by atoms with Crippen LogP contribution in [-0.2, 0) is 27.6 Å². The second kappa shape index (κ2) is 7.11. The zero-order valence-electron chi connectivity index (χ0n) is 15.6. The first-order valence-corrected chi connectivity index (χ1v) is 11.0. The van der Waals surface area contributed by atoms with Crippen molar-refractivity contribution in [3.05, 3.63) is 23.3 Å². The van der Waals surface area contributed by atoms with Crippen LogP contribution in [0.5, 0.6) is 5.75 Å². The van der Waals surface area contributed by atoms with Crippen molar-refractivity contribution >= 4 is 10.0 Å². The maximum absolute atomic E-state index is 13.6. The van der Waals surface area contributed by atoms with Gasteiger partial charge in [-0.25, -0.2) is 8.42 Å². The van der Waals surface area contributed by atoms with Crippen LogP contribution < -0.4 is 4.74 Å². The average molecular weight is 381 g/mol. The van der Waals surface area contributed by atoms with Crippen molar-refractivity contribution in [3.8, 4) is 5.75 Å². The summed E-state index contributed by atoms with van der Waals surface area (Å²) in [6.07, 6.45) is 3.89. The molecule has 6 nitrogen and oxygen atoms in total. The van der Waals surface area contributed by atoms with Gasteiger partial charge in [-0.2, -0.15) is 4.31 Å². The lowest BCUT2D eigenvalue weighted by Gasteiger charge is -2.46. The molecule has 0 unspecified atom stereocenters. The van der Waals surface area contributed by atoms with Gasteiger partial charge in [-0.1, -0.05) is 6.92 Å². The Morgan fingerprint density at radius 3 is 2.73 bits per heavy atom. The Hall–Kier alpha value is -1.15. The first kappa shape index (κ1) is 18.2. The summed E-state index contributed by atoms with van der Waals surface area (Å²) in [7, 11) is -2.07. The normalized spacial score (nSPS) is 27.2. The van der Waals surface area contributed by atoms with Gasteiger partial charge in [0.2, 0.25) is 10.0 Å². The van der Waals surface area contributed by atoms with Crippen molar-refractivity contribution in [1.82, 2.24) is 9.21 Å². The molecule has 1 aliphatic carbocycles. The fraction of sp³-hybridized carbons (Fsp3) is 0.684. The van der Waals surface area contributed by atoms with E-state index in [0.29, 0.717) is 23.8 Å². The third kappa shape index (κ3) is 3.05. The zero-order valence-corrected chi connectivity index (χ0v) is 16.4. The van der Waals surface area contributed by atoms with E-state index in [9.17, 15) is 8.42 Å². The van der Waals surface area contributed by atoms with Crippen molar-refractivity contribution in [1.29, 1.82) is 0 Å². The minimum absolute atomic E-state index is 0.0123. The molecule has 0 radical (unpaired) electrons. The highest BCUT2D eigenvalue weighted by Gasteiger charge is 2.43. The summed E-state index contributed by atoms with van der Waals surface area (Å²) in [6.45, 7) is 5.61. The zero-order chi connectivity index (χ0) is 18.3. The molecule has 2 saturated heterocycles. The molecule has 2 heterocycles. The standard InChI is InChI=1S/C19H28N2O4S/c1-3-20-8-7-17-16(13-20)21(9-10-25-17)26(22,23)19-12-15-6-4-5-14(15)11-18(19)24-2/h11-12,16-17H,3-10,13H2,1-2H3/t16-,17+/m1/s1. The quantitative estimate of drug-likeness (QED) is 0.795. The third-order valence-corrected chi connectivity index (χ3v) is 7.98. The van der Waals surface area contributed by atoms with Crippen LogP contribution in [0, 0.1) is 0 Å². The molecule has 0 bridgehead atoms. The van der Waals surface area contributed by atoms with Gasteiger partial charge in [-0.3, -0.25) is 0 Å². The van der Waals surface area contributed by atoms with Crippen LogP contribution in [0.15, 0.2) is 17.0 Å². The number of methoxy groups -OCH3 is 1. The first-order valence-electron chi connectivity index (χ1n) is 9.60. The summed E-state index contributed by atoms with van der Waals surface area (Å²) in [5.41, 5.74) is 2.36. The number of likely N-dealkylation sites (N-methyl/N-ethyl adjacent to an activating group) is 1. The lowest BCUT2D eigenvalue weighted by Crippen LogP contribution is -2.61. The Bertz CT molecular complexity index is 780. The second-order valence-corrected chi connectivity index (χ2v) is 9.26. The van der Waals surface area contributed by atoms with Crippen LogP contribution in [0.25, 0.3) is 0 Å². The van der Waals surface area contributed by atoms with Gasteiger partial charge in [0.1, 0.15) is 10.6 Å². The van der Waals surface area contributed by atoms with Crippen molar-refractivity contribution in [2.75, 3.05) is 39.9 Å². The van der Waals surface area contributed by atoms with Crippen molar-refractivity contribution in [2.45, 2.75) is 49.6 Å². The van der Waals surface area contributed by atoms with Crippen LogP contribution in [-0.4, -0.2) is 69.7 Å². The summed E-state index contributed by atoms with van der Waals surface area (Å²) >= 11 is 0. The molecule has 2 fully saturated rings. The summed E-state index contributed by atoms with van der Waals surface area (Å²) in [5, 5.41) is 0.